The molecule has 26 heavy (non-hydrogen) atoms. The van der Waals surface area contributed by atoms with Gasteiger partial charge in [-0.3, -0.25) is 14.9 Å². The Hall–Kier alpha value is -3.48. The number of nitrogens with zero attached hydrogens (tertiary/aromatic N) is 3. The lowest BCUT2D eigenvalue weighted by molar-refractivity contribution is -0.384. The molecular weight excluding hydrogens is 332 g/mol. The van der Waals surface area contributed by atoms with Crippen molar-refractivity contribution >= 4 is 17.2 Å². The van der Waals surface area contributed by atoms with E-state index in [2.05, 4.69) is 10.3 Å². The minimum Gasteiger partial charge on any atom is -0.366 e. The molecule has 0 fully saturated rings. The molecule has 1 aromatic heterocycles. The number of carbonyl (C=O) groups excluding carboxylic acids is 1. The number of benzene rings is 2. The molecule has 0 spiro atoms. The Morgan fingerprint density at radius 3 is 2.54 bits per heavy atom. The highest BCUT2D eigenvalue weighted by Crippen LogP contribution is 2.32. The summed E-state index contributed by atoms with van der Waals surface area (Å²) in [6.07, 6.45) is 3.50. The Morgan fingerprint density at radius 1 is 1.23 bits per heavy atom. The molecule has 7 heteroatoms. The van der Waals surface area contributed by atoms with Gasteiger partial charge in [0.2, 0.25) is 0 Å². The third-order valence-electron chi connectivity index (χ3n) is 4.15. The van der Waals surface area contributed by atoms with Crippen molar-refractivity contribution in [2.24, 2.45) is 7.05 Å². The fourth-order valence-corrected chi connectivity index (χ4v) is 2.78. The second kappa shape index (κ2) is 7.18. The van der Waals surface area contributed by atoms with E-state index in [-0.39, 0.29) is 17.5 Å². The van der Waals surface area contributed by atoms with Gasteiger partial charge < -0.3 is 9.88 Å². The SMILES string of the molecule is CC(=O)c1ccc(NC(c2ccccc2)c2nccn2C)c([N+](=O)[O-])c1. The maximum absolute atomic E-state index is 11.6. The number of hydrogen-bond donors (Lipinski definition) is 1. The van der Waals surface area contributed by atoms with E-state index in [9.17, 15) is 14.9 Å². The average molecular weight is 350 g/mol. The molecule has 1 unspecified atom stereocenters. The van der Waals surface area contributed by atoms with E-state index in [4.69, 9.17) is 0 Å². The van der Waals surface area contributed by atoms with E-state index in [0.717, 1.165) is 11.4 Å². The van der Waals surface area contributed by atoms with Gasteiger partial charge in [-0.05, 0) is 24.6 Å². The van der Waals surface area contributed by atoms with Gasteiger partial charge in [0.25, 0.3) is 5.69 Å². The summed E-state index contributed by atoms with van der Waals surface area (Å²) < 4.78 is 1.86. The molecule has 0 radical (unpaired) electrons. The molecule has 2 aromatic carbocycles. The van der Waals surface area contributed by atoms with Crippen molar-refractivity contribution in [3.63, 3.8) is 0 Å². The second-order valence-corrected chi connectivity index (χ2v) is 5.93. The Balaban J connectivity index is 2.07. The predicted molar refractivity (Wildman–Crippen MR) is 98.2 cm³/mol. The van der Waals surface area contributed by atoms with Gasteiger partial charge in [0.1, 0.15) is 17.6 Å². The smallest absolute Gasteiger partial charge is 0.293 e. The molecule has 0 aliphatic heterocycles. The Morgan fingerprint density at radius 2 is 1.96 bits per heavy atom. The van der Waals surface area contributed by atoms with E-state index in [1.807, 2.05) is 48.1 Å². The maximum atomic E-state index is 11.6. The zero-order valence-electron chi connectivity index (χ0n) is 14.4. The molecule has 0 bridgehead atoms. The summed E-state index contributed by atoms with van der Waals surface area (Å²) in [6, 6.07) is 13.6. The molecule has 1 heterocycles. The molecule has 0 aliphatic rings. The molecule has 132 valence electrons. The third-order valence-corrected chi connectivity index (χ3v) is 4.15. The van der Waals surface area contributed by atoms with Crippen LogP contribution in [0.25, 0.3) is 0 Å². The summed E-state index contributed by atoms with van der Waals surface area (Å²) in [7, 11) is 1.87. The van der Waals surface area contributed by atoms with Gasteiger partial charge in [-0.25, -0.2) is 4.98 Å². The van der Waals surface area contributed by atoms with E-state index >= 15 is 0 Å². The lowest BCUT2D eigenvalue weighted by Gasteiger charge is -2.20. The van der Waals surface area contributed by atoms with Gasteiger partial charge in [-0.2, -0.15) is 0 Å². The highest BCUT2D eigenvalue weighted by Gasteiger charge is 2.23. The molecule has 1 atom stereocenters. The van der Waals surface area contributed by atoms with Crippen LogP contribution in [0.2, 0.25) is 0 Å². The van der Waals surface area contributed by atoms with E-state index in [1.165, 1.54) is 13.0 Å². The summed E-state index contributed by atoms with van der Waals surface area (Å²) in [4.78, 5) is 26.9. The summed E-state index contributed by atoms with van der Waals surface area (Å²) in [5.41, 5.74) is 1.41. The van der Waals surface area contributed by atoms with Gasteiger partial charge in [0.05, 0.1) is 4.92 Å². The molecule has 0 saturated carbocycles. The van der Waals surface area contributed by atoms with Gasteiger partial charge in [0.15, 0.2) is 5.78 Å². The summed E-state index contributed by atoms with van der Waals surface area (Å²) >= 11 is 0. The second-order valence-electron chi connectivity index (χ2n) is 5.93. The number of nitro groups is 1. The number of aryl methyl sites for hydroxylation is 1. The van der Waals surface area contributed by atoms with Gasteiger partial charge in [-0.1, -0.05) is 30.3 Å². The van der Waals surface area contributed by atoms with Gasteiger partial charge in [0, 0.05) is 31.1 Å². The average Bonchev–Trinajstić information content (AvgIpc) is 3.06. The maximum Gasteiger partial charge on any atom is 0.293 e. The Kier molecular flexibility index (Phi) is 4.79. The Labute approximate surface area is 150 Å². The Bertz CT molecular complexity index is 950. The number of ketones is 1. The number of anilines is 1. The number of nitro benzene ring substituents is 1. The normalized spacial score (nSPS) is 11.8. The predicted octanol–water partition coefficient (Wildman–Crippen LogP) is 3.73. The first kappa shape index (κ1) is 17.3. The summed E-state index contributed by atoms with van der Waals surface area (Å²) in [5.74, 6) is 0.504. The minimum absolute atomic E-state index is 0.146. The highest BCUT2D eigenvalue weighted by molar-refractivity contribution is 5.95. The summed E-state index contributed by atoms with van der Waals surface area (Å²) in [5, 5.41) is 14.7. The minimum atomic E-state index is -0.491. The van der Waals surface area contributed by atoms with Crippen LogP contribution in [0.4, 0.5) is 11.4 Å². The molecular formula is C19H18N4O3. The van der Waals surface area contributed by atoms with E-state index in [0.29, 0.717) is 11.3 Å². The molecule has 7 nitrogen and oxygen atoms in total. The number of carbonyl (C=O) groups is 1. The van der Waals surface area contributed by atoms with Gasteiger partial charge >= 0.3 is 0 Å². The first-order valence-corrected chi connectivity index (χ1v) is 8.05. The molecule has 0 saturated heterocycles. The van der Waals surface area contributed by atoms with Crippen LogP contribution in [0, 0.1) is 10.1 Å². The quantitative estimate of drug-likeness (QED) is 0.415. The van der Waals surface area contributed by atoms with E-state index < -0.39 is 4.92 Å². The highest BCUT2D eigenvalue weighted by atomic mass is 16.6. The molecule has 0 amide bonds. The third kappa shape index (κ3) is 3.46. The van der Waals surface area contributed by atoms with Crippen LogP contribution < -0.4 is 5.32 Å². The van der Waals surface area contributed by atoms with Crippen LogP contribution in [-0.2, 0) is 7.05 Å². The molecule has 3 aromatic rings. The number of aromatic nitrogens is 2. The fraction of sp³-hybridized carbons (Fsp3) is 0.158. The van der Waals surface area contributed by atoms with Crippen LogP contribution in [0.5, 0.6) is 0 Å². The number of Topliss-reactive ketones (excluding diaryl/α,β-unsaturated/α-hetero) is 1. The topological polar surface area (TPSA) is 90.1 Å². The van der Waals surface area contributed by atoms with Crippen LogP contribution in [0.15, 0.2) is 60.9 Å². The lowest BCUT2D eigenvalue weighted by atomic mass is 10.0. The standard InChI is InChI=1S/C19H18N4O3/c1-13(24)15-8-9-16(17(12-15)23(25)26)21-18(14-6-4-3-5-7-14)19-20-10-11-22(19)2/h3-12,18,21H,1-2H3. The van der Waals surface area contributed by atoms with Crippen LogP contribution in [-0.4, -0.2) is 20.3 Å². The van der Waals surface area contributed by atoms with Crippen molar-refractivity contribution in [3.8, 4) is 0 Å². The van der Waals surface area contributed by atoms with Gasteiger partial charge in [-0.15, -0.1) is 0 Å². The van der Waals surface area contributed by atoms with Crippen molar-refractivity contribution in [1.29, 1.82) is 0 Å². The van der Waals surface area contributed by atoms with E-state index in [1.54, 1.807) is 18.3 Å². The first-order chi connectivity index (χ1) is 12.5. The van der Waals surface area contributed by atoms with Crippen LogP contribution >= 0.6 is 0 Å². The lowest BCUT2D eigenvalue weighted by Crippen LogP contribution is -2.17. The number of rotatable bonds is 6. The molecule has 1 N–H and O–H groups in total. The molecule has 3 rings (SSSR count). The largest absolute Gasteiger partial charge is 0.366 e. The zero-order chi connectivity index (χ0) is 18.7. The van der Waals surface area contributed by atoms with Crippen molar-refractivity contribution in [3.05, 3.63) is 88.0 Å². The van der Waals surface area contributed by atoms with Crippen molar-refractivity contribution in [2.45, 2.75) is 13.0 Å². The number of nitrogens with one attached hydrogen (secondary N) is 1. The fourth-order valence-electron chi connectivity index (χ4n) is 2.78. The first-order valence-electron chi connectivity index (χ1n) is 8.05. The number of imidazole rings is 1. The van der Waals surface area contributed by atoms with Crippen molar-refractivity contribution in [1.82, 2.24) is 9.55 Å². The van der Waals surface area contributed by atoms with Crippen LogP contribution in [0.3, 0.4) is 0 Å². The van der Waals surface area contributed by atoms with Crippen molar-refractivity contribution < 1.29 is 9.72 Å². The monoisotopic (exact) mass is 350 g/mol. The molecule has 0 aliphatic carbocycles. The van der Waals surface area contributed by atoms with Crippen molar-refractivity contribution in [2.75, 3.05) is 5.32 Å². The zero-order valence-corrected chi connectivity index (χ0v) is 14.4. The number of hydrogen-bond acceptors (Lipinski definition) is 5. The summed E-state index contributed by atoms with van der Waals surface area (Å²) in [6.45, 7) is 1.38. The van der Waals surface area contributed by atoms with Crippen LogP contribution in [0.1, 0.15) is 34.7 Å².